The monoisotopic (exact) mass is 249 g/mol. The number of amides is 1. The van der Waals surface area contributed by atoms with Crippen LogP contribution in [0.1, 0.15) is 29.6 Å². The number of nitrogen functional groups attached to an aromatic ring is 1. The summed E-state index contributed by atoms with van der Waals surface area (Å²) in [6, 6.07) is 3.36. The third-order valence-electron chi connectivity index (χ3n) is 3.47. The summed E-state index contributed by atoms with van der Waals surface area (Å²) in [5.41, 5.74) is 6.08. The number of nitrogens with zero attached hydrogens (tertiary/aromatic N) is 2. The number of hydrogen-bond donors (Lipinski definition) is 2. The van der Waals surface area contributed by atoms with E-state index in [9.17, 15) is 4.79 Å². The van der Waals surface area contributed by atoms with E-state index in [1.807, 2.05) is 4.90 Å². The number of carbonyl (C=O) groups excluding carboxylic acids is 1. The number of pyridine rings is 1. The van der Waals surface area contributed by atoms with Crippen molar-refractivity contribution in [2.75, 3.05) is 25.4 Å². The zero-order valence-corrected chi connectivity index (χ0v) is 10.4. The van der Waals surface area contributed by atoms with Gasteiger partial charge in [-0.25, -0.2) is 4.98 Å². The quantitative estimate of drug-likeness (QED) is 0.834. The van der Waals surface area contributed by atoms with Crippen LogP contribution in [0.3, 0.4) is 0 Å². The van der Waals surface area contributed by atoms with Gasteiger partial charge in [0.1, 0.15) is 5.82 Å². The summed E-state index contributed by atoms with van der Waals surface area (Å²) < 4.78 is 0. The number of anilines is 1. The van der Waals surface area contributed by atoms with Gasteiger partial charge in [-0.3, -0.25) is 4.79 Å². The molecule has 1 aliphatic rings. The van der Waals surface area contributed by atoms with Crippen LogP contribution < -0.4 is 5.73 Å². The minimum atomic E-state index is 0.0185. The lowest BCUT2D eigenvalue weighted by molar-refractivity contribution is 0.0678. The van der Waals surface area contributed by atoms with E-state index in [2.05, 4.69) is 4.98 Å². The van der Waals surface area contributed by atoms with Crippen LogP contribution in [0, 0.1) is 5.92 Å². The summed E-state index contributed by atoms with van der Waals surface area (Å²) in [4.78, 5) is 18.0. The first-order valence-electron chi connectivity index (χ1n) is 6.32. The molecule has 1 saturated heterocycles. The number of aliphatic hydroxyl groups is 1. The van der Waals surface area contributed by atoms with Gasteiger partial charge in [0.25, 0.3) is 5.91 Å². The molecule has 2 heterocycles. The van der Waals surface area contributed by atoms with Gasteiger partial charge in [0.15, 0.2) is 0 Å². The number of rotatable bonds is 3. The Kier molecular flexibility index (Phi) is 4.15. The normalized spacial score (nSPS) is 16.8. The van der Waals surface area contributed by atoms with Gasteiger partial charge in [-0.15, -0.1) is 0 Å². The maximum Gasteiger partial charge on any atom is 0.255 e. The first kappa shape index (κ1) is 12.8. The average Bonchev–Trinajstić information content (AvgIpc) is 2.40. The number of aliphatic hydroxyl groups excluding tert-OH is 1. The molecule has 1 aromatic rings. The summed E-state index contributed by atoms with van der Waals surface area (Å²) >= 11 is 0. The molecule has 0 bridgehead atoms. The molecular weight excluding hydrogens is 230 g/mol. The zero-order valence-electron chi connectivity index (χ0n) is 10.4. The van der Waals surface area contributed by atoms with Crippen molar-refractivity contribution in [1.82, 2.24) is 9.88 Å². The molecule has 98 valence electrons. The number of piperidine rings is 1. The first-order valence-corrected chi connectivity index (χ1v) is 6.32. The minimum Gasteiger partial charge on any atom is -0.396 e. The first-order chi connectivity index (χ1) is 8.70. The van der Waals surface area contributed by atoms with Crippen molar-refractivity contribution in [1.29, 1.82) is 0 Å². The second-order valence-electron chi connectivity index (χ2n) is 4.72. The highest BCUT2D eigenvalue weighted by Gasteiger charge is 2.23. The Morgan fingerprint density at radius 3 is 2.72 bits per heavy atom. The van der Waals surface area contributed by atoms with Crippen LogP contribution in [-0.4, -0.2) is 40.6 Å². The molecule has 5 heteroatoms. The van der Waals surface area contributed by atoms with Crippen LogP contribution in [0.15, 0.2) is 18.3 Å². The molecule has 3 N–H and O–H groups in total. The van der Waals surface area contributed by atoms with E-state index in [0.29, 0.717) is 17.3 Å². The highest BCUT2D eigenvalue weighted by Crippen LogP contribution is 2.21. The van der Waals surface area contributed by atoms with Gasteiger partial charge in [-0.1, -0.05) is 0 Å². The second kappa shape index (κ2) is 5.82. The van der Waals surface area contributed by atoms with Crippen molar-refractivity contribution in [2.24, 2.45) is 5.92 Å². The smallest absolute Gasteiger partial charge is 0.255 e. The van der Waals surface area contributed by atoms with Crippen molar-refractivity contribution < 1.29 is 9.90 Å². The van der Waals surface area contributed by atoms with Crippen molar-refractivity contribution >= 4 is 11.7 Å². The number of likely N-dealkylation sites (tertiary alicyclic amines) is 1. The van der Waals surface area contributed by atoms with Crippen LogP contribution >= 0.6 is 0 Å². The van der Waals surface area contributed by atoms with Gasteiger partial charge in [-0.2, -0.15) is 0 Å². The third kappa shape index (κ3) is 2.98. The van der Waals surface area contributed by atoms with Gasteiger partial charge in [-0.05, 0) is 37.3 Å². The fraction of sp³-hybridized carbons (Fsp3) is 0.538. The molecular formula is C13H19N3O2. The average molecular weight is 249 g/mol. The summed E-state index contributed by atoms with van der Waals surface area (Å²) in [6.07, 6.45) is 4.30. The maximum atomic E-state index is 12.2. The Balaban J connectivity index is 1.93. The van der Waals surface area contributed by atoms with Crippen molar-refractivity contribution in [2.45, 2.75) is 19.3 Å². The third-order valence-corrected chi connectivity index (χ3v) is 3.47. The van der Waals surface area contributed by atoms with Crippen LogP contribution in [-0.2, 0) is 0 Å². The summed E-state index contributed by atoms with van der Waals surface area (Å²) in [5.74, 6) is 0.988. The number of carbonyl (C=O) groups is 1. The minimum absolute atomic E-state index is 0.0185. The van der Waals surface area contributed by atoms with E-state index in [0.717, 1.165) is 32.4 Å². The van der Waals surface area contributed by atoms with Gasteiger partial charge in [0, 0.05) is 25.9 Å². The lowest BCUT2D eigenvalue weighted by Crippen LogP contribution is -2.38. The van der Waals surface area contributed by atoms with Gasteiger partial charge in [0.05, 0.1) is 5.56 Å². The molecule has 18 heavy (non-hydrogen) atoms. The summed E-state index contributed by atoms with van der Waals surface area (Å²) in [6.45, 7) is 1.75. The molecule has 0 unspecified atom stereocenters. The lowest BCUT2D eigenvalue weighted by atomic mass is 9.93. The molecule has 2 rings (SSSR count). The standard InChI is InChI=1S/C13H19N3O2/c14-12-2-1-11(9-15-12)13(18)16-6-3-10(4-7-16)5-8-17/h1-2,9-10,17H,3-8H2,(H2,14,15). The molecule has 0 aliphatic carbocycles. The van der Waals surface area contributed by atoms with Gasteiger partial charge >= 0.3 is 0 Å². The number of hydrogen-bond acceptors (Lipinski definition) is 4. The molecule has 0 saturated carbocycles. The second-order valence-corrected chi connectivity index (χ2v) is 4.72. The van der Waals surface area contributed by atoms with Crippen molar-refractivity contribution in [3.8, 4) is 0 Å². The Morgan fingerprint density at radius 1 is 1.44 bits per heavy atom. The van der Waals surface area contributed by atoms with E-state index in [-0.39, 0.29) is 12.5 Å². The molecule has 0 aromatic carbocycles. The van der Waals surface area contributed by atoms with Crippen LogP contribution in [0.2, 0.25) is 0 Å². The Morgan fingerprint density at radius 2 is 2.17 bits per heavy atom. The molecule has 1 fully saturated rings. The molecule has 1 aromatic heterocycles. The maximum absolute atomic E-state index is 12.2. The summed E-state index contributed by atoms with van der Waals surface area (Å²) in [5, 5.41) is 8.90. The molecule has 0 atom stereocenters. The zero-order chi connectivity index (χ0) is 13.0. The van der Waals surface area contributed by atoms with Crippen LogP contribution in [0.5, 0.6) is 0 Å². The Hall–Kier alpha value is -1.62. The van der Waals surface area contributed by atoms with E-state index in [1.165, 1.54) is 6.20 Å². The predicted molar refractivity (Wildman–Crippen MR) is 69.0 cm³/mol. The largest absolute Gasteiger partial charge is 0.396 e. The Bertz CT molecular complexity index is 397. The van der Waals surface area contributed by atoms with E-state index in [4.69, 9.17) is 10.8 Å². The predicted octanol–water partition coefficient (Wildman–Crippen LogP) is 0.898. The van der Waals surface area contributed by atoms with E-state index >= 15 is 0 Å². The Labute approximate surface area is 107 Å². The molecule has 5 nitrogen and oxygen atoms in total. The molecule has 1 aliphatic heterocycles. The van der Waals surface area contributed by atoms with Crippen LogP contribution in [0.25, 0.3) is 0 Å². The van der Waals surface area contributed by atoms with Gasteiger partial charge in [0.2, 0.25) is 0 Å². The number of aromatic nitrogens is 1. The SMILES string of the molecule is Nc1ccc(C(=O)N2CCC(CCO)CC2)cn1. The fourth-order valence-electron chi connectivity index (χ4n) is 2.32. The van der Waals surface area contributed by atoms with E-state index < -0.39 is 0 Å². The van der Waals surface area contributed by atoms with Crippen molar-refractivity contribution in [3.05, 3.63) is 23.9 Å². The highest BCUT2D eigenvalue weighted by atomic mass is 16.3. The van der Waals surface area contributed by atoms with E-state index in [1.54, 1.807) is 12.1 Å². The van der Waals surface area contributed by atoms with Gasteiger partial charge < -0.3 is 15.7 Å². The topological polar surface area (TPSA) is 79.5 Å². The van der Waals surface area contributed by atoms with Crippen LogP contribution in [0.4, 0.5) is 5.82 Å². The molecule has 0 spiro atoms. The summed E-state index contributed by atoms with van der Waals surface area (Å²) in [7, 11) is 0. The molecule has 1 amide bonds. The van der Waals surface area contributed by atoms with Crippen molar-refractivity contribution in [3.63, 3.8) is 0 Å². The molecule has 0 radical (unpaired) electrons. The number of nitrogens with two attached hydrogens (primary N) is 1. The lowest BCUT2D eigenvalue weighted by Gasteiger charge is -2.31. The highest BCUT2D eigenvalue weighted by molar-refractivity contribution is 5.94. The fourth-order valence-corrected chi connectivity index (χ4v) is 2.32.